The molecule has 3 heterocycles. The smallest absolute Gasteiger partial charge is 0.229 e. The van der Waals surface area contributed by atoms with Crippen molar-refractivity contribution >= 4 is 11.6 Å². The summed E-state index contributed by atoms with van der Waals surface area (Å²) in [6.07, 6.45) is 8.27. The van der Waals surface area contributed by atoms with Crippen LogP contribution in [0, 0.1) is 26.7 Å². The van der Waals surface area contributed by atoms with Gasteiger partial charge in [0.1, 0.15) is 5.82 Å². The number of hydrogen-bond donors (Lipinski definition) is 2. The van der Waals surface area contributed by atoms with Crippen LogP contribution in [0.1, 0.15) is 35.1 Å². The number of rotatable bonds is 8. The van der Waals surface area contributed by atoms with E-state index in [1.165, 1.54) is 11.1 Å². The summed E-state index contributed by atoms with van der Waals surface area (Å²) in [5, 5.41) is 12.7. The van der Waals surface area contributed by atoms with E-state index in [-0.39, 0.29) is 0 Å². The van der Waals surface area contributed by atoms with Crippen molar-refractivity contribution in [1.29, 1.82) is 0 Å². The minimum absolute atomic E-state index is 0.301. The van der Waals surface area contributed by atoms with Crippen molar-refractivity contribution < 1.29 is 14.6 Å². The maximum Gasteiger partial charge on any atom is 0.229 e. The second kappa shape index (κ2) is 10.4. The lowest BCUT2D eigenvalue weighted by Gasteiger charge is -2.30. The zero-order valence-electron chi connectivity index (χ0n) is 20.8. The van der Waals surface area contributed by atoms with E-state index >= 15 is 0 Å². The van der Waals surface area contributed by atoms with Gasteiger partial charge in [0.05, 0.1) is 14.2 Å². The largest absolute Gasteiger partial charge is 0.493 e. The number of aryl methyl sites for hydroxylation is 3. The van der Waals surface area contributed by atoms with Crippen LogP contribution in [0.2, 0.25) is 0 Å². The summed E-state index contributed by atoms with van der Waals surface area (Å²) in [4.78, 5) is 11.8. The number of piperidine rings is 1. The second-order valence-electron chi connectivity index (χ2n) is 9.13. The summed E-state index contributed by atoms with van der Waals surface area (Å²) in [5.74, 6) is 3.20. The molecule has 1 aromatic carbocycles. The van der Waals surface area contributed by atoms with Gasteiger partial charge < -0.3 is 24.5 Å². The van der Waals surface area contributed by atoms with E-state index in [0.29, 0.717) is 24.2 Å². The van der Waals surface area contributed by atoms with Crippen molar-refractivity contribution in [3.05, 3.63) is 53.0 Å². The fourth-order valence-electron chi connectivity index (χ4n) is 4.57. The van der Waals surface area contributed by atoms with E-state index in [0.717, 1.165) is 60.9 Å². The molecule has 0 unspecified atom stereocenters. The van der Waals surface area contributed by atoms with Crippen LogP contribution in [0.3, 0.4) is 0 Å². The number of benzene rings is 1. The molecular weight excluding hydrogens is 430 g/mol. The molecule has 2 N–H and O–H groups in total. The zero-order chi connectivity index (χ0) is 24.2. The van der Waals surface area contributed by atoms with Crippen LogP contribution < -0.4 is 14.8 Å². The average molecular weight is 466 g/mol. The Hall–Kier alpha value is -3.10. The van der Waals surface area contributed by atoms with Crippen molar-refractivity contribution in [2.45, 2.75) is 40.2 Å². The van der Waals surface area contributed by atoms with E-state index in [4.69, 9.17) is 14.5 Å². The van der Waals surface area contributed by atoms with Gasteiger partial charge >= 0.3 is 0 Å². The highest BCUT2D eigenvalue weighted by Gasteiger charge is 2.20. The van der Waals surface area contributed by atoms with Crippen molar-refractivity contribution in [2.75, 3.05) is 39.2 Å². The maximum atomic E-state index is 9.39. The standard InChI is InChI=1S/C26H35N5O3/c1-17-10-22(11-23(33-4)24(17)34-5)28-26-27-12-18(2)25(29-26)31-13-19(3)21(15-31)14-30-8-6-20(16-32)7-9-30/h10-13,15,20,32H,6-9,14,16H2,1-5H3,(H,27,28,29). The summed E-state index contributed by atoms with van der Waals surface area (Å²) in [5.41, 5.74) is 5.34. The number of likely N-dealkylation sites (tertiary alicyclic amines) is 1. The lowest BCUT2D eigenvalue weighted by molar-refractivity contribution is 0.127. The van der Waals surface area contributed by atoms with Gasteiger partial charge in [0.25, 0.3) is 0 Å². The van der Waals surface area contributed by atoms with E-state index in [1.54, 1.807) is 14.2 Å². The number of nitrogens with zero attached hydrogens (tertiary/aromatic N) is 4. The quantitative estimate of drug-likeness (QED) is 0.517. The predicted molar refractivity (Wildman–Crippen MR) is 133 cm³/mol. The van der Waals surface area contributed by atoms with Crippen LogP contribution in [0.5, 0.6) is 11.5 Å². The van der Waals surface area contributed by atoms with Gasteiger partial charge in [-0.05, 0) is 75.4 Å². The van der Waals surface area contributed by atoms with Crippen LogP contribution >= 0.6 is 0 Å². The minimum Gasteiger partial charge on any atom is -0.493 e. The molecule has 34 heavy (non-hydrogen) atoms. The third-order valence-corrected chi connectivity index (χ3v) is 6.60. The van der Waals surface area contributed by atoms with E-state index < -0.39 is 0 Å². The van der Waals surface area contributed by atoms with E-state index in [2.05, 4.69) is 39.1 Å². The van der Waals surface area contributed by atoms with Crippen molar-refractivity contribution in [3.8, 4) is 17.3 Å². The Morgan fingerprint density at radius 1 is 1.03 bits per heavy atom. The fourth-order valence-corrected chi connectivity index (χ4v) is 4.57. The molecule has 0 atom stereocenters. The highest BCUT2D eigenvalue weighted by molar-refractivity contribution is 5.63. The number of anilines is 2. The molecule has 182 valence electrons. The van der Waals surface area contributed by atoms with Crippen molar-refractivity contribution in [2.24, 2.45) is 5.92 Å². The number of aromatic nitrogens is 3. The molecule has 0 amide bonds. The van der Waals surface area contributed by atoms with Crippen LogP contribution in [-0.2, 0) is 6.54 Å². The van der Waals surface area contributed by atoms with E-state index in [1.807, 2.05) is 32.2 Å². The number of methoxy groups -OCH3 is 2. The van der Waals surface area contributed by atoms with Gasteiger partial charge in [-0.3, -0.25) is 4.90 Å². The molecule has 0 saturated carbocycles. The molecule has 1 fully saturated rings. The second-order valence-corrected chi connectivity index (χ2v) is 9.13. The molecule has 1 aliphatic rings. The first-order valence-electron chi connectivity index (χ1n) is 11.8. The normalized spacial score (nSPS) is 14.9. The SMILES string of the molecule is COc1cc(Nc2ncc(C)c(-n3cc(C)c(CN4CCC(CO)CC4)c3)n2)cc(C)c1OC. The number of ether oxygens (including phenoxy) is 2. The van der Waals surface area contributed by atoms with Crippen LogP contribution in [0.4, 0.5) is 11.6 Å². The lowest BCUT2D eigenvalue weighted by atomic mass is 9.97. The third-order valence-electron chi connectivity index (χ3n) is 6.60. The number of hydrogen-bond acceptors (Lipinski definition) is 7. The first-order chi connectivity index (χ1) is 16.4. The van der Waals surface area contributed by atoms with Gasteiger partial charge in [0.15, 0.2) is 11.5 Å². The highest BCUT2D eigenvalue weighted by Crippen LogP contribution is 2.34. The predicted octanol–water partition coefficient (Wildman–Crippen LogP) is 4.16. The highest BCUT2D eigenvalue weighted by atomic mass is 16.5. The summed E-state index contributed by atoms with van der Waals surface area (Å²) >= 11 is 0. The summed E-state index contributed by atoms with van der Waals surface area (Å²) in [6, 6.07) is 3.87. The molecule has 0 bridgehead atoms. The Balaban J connectivity index is 1.54. The number of nitrogens with one attached hydrogen (secondary N) is 1. The van der Waals surface area contributed by atoms with Crippen LogP contribution in [-0.4, -0.2) is 58.5 Å². The molecule has 4 rings (SSSR count). The Morgan fingerprint density at radius 2 is 1.79 bits per heavy atom. The van der Waals surface area contributed by atoms with Gasteiger partial charge in [-0.1, -0.05) is 0 Å². The molecule has 0 spiro atoms. The molecule has 1 saturated heterocycles. The Kier molecular flexibility index (Phi) is 7.38. The van der Waals surface area contributed by atoms with Crippen LogP contribution in [0.25, 0.3) is 5.82 Å². The molecule has 8 nitrogen and oxygen atoms in total. The first kappa shape index (κ1) is 24.0. The third kappa shape index (κ3) is 5.18. The zero-order valence-corrected chi connectivity index (χ0v) is 20.8. The molecule has 8 heteroatoms. The minimum atomic E-state index is 0.301. The molecule has 0 radical (unpaired) electrons. The number of aliphatic hydroxyl groups excluding tert-OH is 1. The van der Waals surface area contributed by atoms with Gasteiger partial charge in [0, 0.05) is 49.1 Å². The van der Waals surface area contributed by atoms with Gasteiger partial charge in [0.2, 0.25) is 5.95 Å². The summed E-state index contributed by atoms with van der Waals surface area (Å²) in [7, 11) is 3.26. The van der Waals surface area contributed by atoms with Gasteiger partial charge in [-0.2, -0.15) is 4.98 Å². The molecular formula is C26H35N5O3. The fraction of sp³-hybridized carbons (Fsp3) is 0.462. The van der Waals surface area contributed by atoms with E-state index in [9.17, 15) is 5.11 Å². The summed E-state index contributed by atoms with van der Waals surface area (Å²) in [6.45, 7) is 9.42. The lowest BCUT2D eigenvalue weighted by Crippen LogP contribution is -2.34. The van der Waals surface area contributed by atoms with Crippen LogP contribution in [0.15, 0.2) is 30.7 Å². The van der Waals surface area contributed by atoms with Gasteiger partial charge in [-0.25, -0.2) is 4.98 Å². The Labute approximate surface area is 201 Å². The Morgan fingerprint density at radius 3 is 2.47 bits per heavy atom. The average Bonchev–Trinajstić information content (AvgIpc) is 3.20. The first-order valence-corrected chi connectivity index (χ1v) is 11.8. The maximum absolute atomic E-state index is 9.39. The molecule has 3 aromatic rings. The van der Waals surface area contributed by atoms with Crippen molar-refractivity contribution in [1.82, 2.24) is 19.4 Å². The topological polar surface area (TPSA) is 84.7 Å². The number of aliphatic hydroxyl groups is 1. The van der Waals surface area contributed by atoms with Crippen molar-refractivity contribution in [3.63, 3.8) is 0 Å². The monoisotopic (exact) mass is 465 g/mol. The Bertz CT molecular complexity index is 1140. The summed E-state index contributed by atoms with van der Waals surface area (Å²) < 4.78 is 13.0. The molecule has 1 aliphatic heterocycles. The molecule has 2 aromatic heterocycles. The molecule has 0 aliphatic carbocycles. The van der Waals surface area contributed by atoms with Gasteiger partial charge in [-0.15, -0.1) is 0 Å².